The van der Waals surface area contributed by atoms with Crippen LogP contribution >= 0.6 is 0 Å². The number of halogens is 3. The Kier molecular flexibility index (Phi) is 4.78. The van der Waals surface area contributed by atoms with Gasteiger partial charge in [0.05, 0.1) is 11.6 Å². The molecule has 2 aromatic rings. The molecule has 2 amide bonds. The Labute approximate surface area is 185 Å². The van der Waals surface area contributed by atoms with Crippen LogP contribution in [0.4, 0.5) is 13.2 Å². The van der Waals surface area contributed by atoms with Crippen molar-refractivity contribution in [2.24, 2.45) is 0 Å². The lowest BCUT2D eigenvalue weighted by Crippen LogP contribution is -2.56. The number of carbonyl (C=O) groups is 2. The van der Waals surface area contributed by atoms with Gasteiger partial charge in [-0.15, -0.1) is 0 Å². The number of aliphatic hydroxyl groups is 1. The van der Waals surface area contributed by atoms with Crippen LogP contribution in [-0.4, -0.2) is 50.7 Å². The van der Waals surface area contributed by atoms with Crippen LogP contribution in [0.15, 0.2) is 16.9 Å². The van der Waals surface area contributed by atoms with E-state index in [-0.39, 0.29) is 24.4 Å². The maximum atomic E-state index is 13.9. The third-order valence-corrected chi connectivity index (χ3v) is 6.90. The average Bonchev–Trinajstić information content (AvgIpc) is 2.90. The summed E-state index contributed by atoms with van der Waals surface area (Å²) in [5.74, 6) is -6.02. The first-order valence-electron chi connectivity index (χ1n) is 10.6. The summed E-state index contributed by atoms with van der Waals surface area (Å²) in [7, 11) is 0. The van der Waals surface area contributed by atoms with Gasteiger partial charge in [0.2, 0.25) is 5.43 Å². The fourth-order valence-electron chi connectivity index (χ4n) is 5.35. The fraction of sp³-hybridized carbons (Fsp3) is 0.409. The van der Waals surface area contributed by atoms with Crippen molar-refractivity contribution in [3.63, 3.8) is 0 Å². The standard InChI is InChI=1S/C22H20F3N3O5/c23-10-5-12(24)11(13(25)6-10)8-26-20(32)16-14-7-15(29)22-3-1-2-4-27(9-22)21(33)17(28(14)22)19(31)18(16)30/h5-6,15,29,31H,1-4,7-9H2,(H,26,32). The van der Waals surface area contributed by atoms with Crippen molar-refractivity contribution in [2.45, 2.75) is 43.9 Å². The van der Waals surface area contributed by atoms with Gasteiger partial charge in [0, 0.05) is 49.4 Å². The highest BCUT2D eigenvalue weighted by Crippen LogP contribution is 2.45. The number of benzene rings is 1. The summed E-state index contributed by atoms with van der Waals surface area (Å²) in [5.41, 5.74) is -3.36. The van der Waals surface area contributed by atoms with Crippen molar-refractivity contribution in [3.05, 3.63) is 62.3 Å². The van der Waals surface area contributed by atoms with E-state index in [2.05, 4.69) is 5.32 Å². The van der Waals surface area contributed by atoms with Crippen LogP contribution in [0.2, 0.25) is 0 Å². The first-order chi connectivity index (χ1) is 15.7. The largest absolute Gasteiger partial charge is 0.503 e. The number of hydrogen-bond acceptors (Lipinski definition) is 5. The van der Waals surface area contributed by atoms with Gasteiger partial charge in [-0.25, -0.2) is 13.2 Å². The summed E-state index contributed by atoms with van der Waals surface area (Å²) in [6.45, 7) is -0.0751. The quantitative estimate of drug-likeness (QED) is 0.633. The van der Waals surface area contributed by atoms with E-state index in [1.165, 1.54) is 9.47 Å². The van der Waals surface area contributed by atoms with E-state index in [9.17, 15) is 37.8 Å². The van der Waals surface area contributed by atoms with E-state index < -0.39 is 69.8 Å². The Balaban J connectivity index is 1.60. The SMILES string of the molecule is O=C(NCc1c(F)cc(F)cc1F)c1c2n3c(c(O)c1=O)C(=O)N1CCCCC3(C1)C(O)C2. The van der Waals surface area contributed by atoms with Gasteiger partial charge in [-0.2, -0.15) is 0 Å². The molecule has 8 nitrogen and oxygen atoms in total. The molecule has 174 valence electrons. The molecule has 1 saturated heterocycles. The predicted molar refractivity (Wildman–Crippen MR) is 107 cm³/mol. The molecule has 5 rings (SSSR count). The van der Waals surface area contributed by atoms with E-state index >= 15 is 0 Å². The second kappa shape index (κ2) is 7.34. The molecule has 0 radical (unpaired) electrons. The van der Waals surface area contributed by atoms with E-state index in [1.807, 2.05) is 0 Å². The molecule has 1 spiro atoms. The van der Waals surface area contributed by atoms with Gasteiger partial charge in [0.15, 0.2) is 11.4 Å². The fourth-order valence-corrected chi connectivity index (χ4v) is 5.35. The summed E-state index contributed by atoms with van der Waals surface area (Å²) in [6, 6.07) is 0.931. The van der Waals surface area contributed by atoms with Crippen molar-refractivity contribution in [3.8, 4) is 5.75 Å². The highest BCUT2D eigenvalue weighted by atomic mass is 19.1. The van der Waals surface area contributed by atoms with Gasteiger partial charge in [-0.1, -0.05) is 0 Å². The van der Waals surface area contributed by atoms with Gasteiger partial charge < -0.3 is 25.0 Å². The molecule has 0 saturated carbocycles. The van der Waals surface area contributed by atoms with E-state index in [0.29, 0.717) is 37.9 Å². The molecule has 11 heteroatoms. The van der Waals surface area contributed by atoms with E-state index in [0.717, 1.165) is 0 Å². The number of nitrogens with zero attached hydrogens (tertiary/aromatic N) is 2. The number of nitrogens with one attached hydrogen (secondary N) is 1. The number of rotatable bonds is 3. The third-order valence-electron chi connectivity index (χ3n) is 6.90. The van der Waals surface area contributed by atoms with Gasteiger partial charge in [-0.05, 0) is 19.3 Å². The Morgan fingerprint density at radius 2 is 1.88 bits per heavy atom. The molecule has 3 aliphatic heterocycles. The van der Waals surface area contributed by atoms with Crippen molar-refractivity contribution in [2.75, 3.05) is 13.1 Å². The number of aromatic nitrogens is 1. The van der Waals surface area contributed by atoms with Crippen LogP contribution in [0.25, 0.3) is 0 Å². The molecule has 1 fully saturated rings. The minimum Gasteiger partial charge on any atom is -0.503 e. The van der Waals surface area contributed by atoms with Crippen LogP contribution in [0.3, 0.4) is 0 Å². The zero-order valence-electron chi connectivity index (χ0n) is 17.3. The molecule has 1 aromatic carbocycles. The minimum absolute atomic E-state index is 0.0905. The van der Waals surface area contributed by atoms with Gasteiger partial charge in [-0.3, -0.25) is 14.4 Å². The molecule has 3 N–H and O–H groups in total. The van der Waals surface area contributed by atoms with Crippen molar-refractivity contribution in [1.82, 2.24) is 14.8 Å². The number of carbonyl (C=O) groups excluding carboxylic acids is 2. The second-order valence-corrected chi connectivity index (χ2v) is 8.72. The monoisotopic (exact) mass is 463 g/mol. The van der Waals surface area contributed by atoms with Crippen LogP contribution in [-0.2, 0) is 18.5 Å². The zero-order chi connectivity index (χ0) is 23.7. The average molecular weight is 463 g/mol. The summed E-state index contributed by atoms with van der Waals surface area (Å²) >= 11 is 0. The molecule has 2 atom stereocenters. The van der Waals surface area contributed by atoms with Crippen molar-refractivity contribution >= 4 is 11.8 Å². The third kappa shape index (κ3) is 2.98. The lowest BCUT2D eigenvalue weighted by atomic mass is 9.86. The van der Waals surface area contributed by atoms with Crippen LogP contribution in [0.5, 0.6) is 5.75 Å². The molecule has 0 aliphatic carbocycles. The summed E-state index contributed by atoms with van der Waals surface area (Å²) < 4.78 is 42.5. The van der Waals surface area contributed by atoms with E-state index in [4.69, 9.17) is 0 Å². The molecule has 33 heavy (non-hydrogen) atoms. The second-order valence-electron chi connectivity index (χ2n) is 8.72. The Morgan fingerprint density at radius 3 is 2.58 bits per heavy atom. The highest BCUT2D eigenvalue weighted by Gasteiger charge is 2.55. The number of amides is 2. The number of fused-ring (bicyclic) bond motifs is 1. The molecule has 3 aliphatic rings. The molecular weight excluding hydrogens is 443 g/mol. The van der Waals surface area contributed by atoms with Gasteiger partial charge in [0.25, 0.3) is 11.8 Å². The first-order valence-corrected chi connectivity index (χ1v) is 10.6. The summed E-state index contributed by atoms with van der Waals surface area (Å²) in [5, 5.41) is 23.8. The topological polar surface area (TPSA) is 112 Å². The number of pyridine rings is 1. The maximum Gasteiger partial charge on any atom is 0.274 e. The Morgan fingerprint density at radius 1 is 1.18 bits per heavy atom. The zero-order valence-corrected chi connectivity index (χ0v) is 17.3. The highest BCUT2D eigenvalue weighted by molar-refractivity contribution is 6.00. The summed E-state index contributed by atoms with van der Waals surface area (Å²) in [6.07, 6.45) is 0.748. The normalized spacial score (nSPS) is 23.3. The molecule has 2 unspecified atom stereocenters. The van der Waals surface area contributed by atoms with Gasteiger partial charge >= 0.3 is 0 Å². The first kappa shape index (κ1) is 21.5. The lowest BCUT2D eigenvalue weighted by Gasteiger charge is -2.43. The number of aromatic hydroxyl groups is 1. The molecular formula is C22H20F3N3O5. The smallest absolute Gasteiger partial charge is 0.274 e. The predicted octanol–water partition coefficient (Wildman–Crippen LogP) is 1.15. The molecule has 2 bridgehead atoms. The van der Waals surface area contributed by atoms with Gasteiger partial charge in [0.1, 0.15) is 23.0 Å². The minimum atomic E-state index is -1.21. The number of hydrogen-bond donors (Lipinski definition) is 3. The van der Waals surface area contributed by atoms with E-state index in [1.54, 1.807) is 0 Å². The Hall–Kier alpha value is -3.34. The maximum absolute atomic E-state index is 13.9. The molecule has 4 heterocycles. The van der Waals surface area contributed by atoms with Crippen molar-refractivity contribution < 1.29 is 33.0 Å². The summed E-state index contributed by atoms with van der Waals surface area (Å²) in [4.78, 5) is 40.4. The number of aliphatic hydroxyl groups excluding tert-OH is 1. The van der Waals surface area contributed by atoms with Crippen molar-refractivity contribution in [1.29, 1.82) is 0 Å². The van der Waals surface area contributed by atoms with Crippen LogP contribution in [0, 0.1) is 17.5 Å². The lowest BCUT2D eigenvalue weighted by molar-refractivity contribution is 0.0149. The Bertz CT molecular complexity index is 1250. The van der Waals surface area contributed by atoms with Crippen LogP contribution in [0.1, 0.15) is 51.4 Å². The molecule has 1 aromatic heterocycles. The van der Waals surface area contributed by atoms with Crippen LogP contribution < -0.4 is 10.7 Å².